The van der Waals surface area contributed by atoms with Crippen LogP contribution in [0.4, 0.5) is 0 Å². The van der Waals surface area contributed by atoms with Gasteiger partial charge < -0.3 is 0 Å². The van der Waals surface area contributed by atoms with Crippen LogP contribution in [-0.2, 0) is 0 Å². The minimum Gasteiger partial charge on any atom is -0.193 e. The van der Waals surface area contributed by atoms with Crippen LogP contribution >= 0.6 is 0 Å². The maximum atomic E-state index is 8.27. The molecule has 0 aliphatic rings. The van der Waals surface area contributed by atoms with Gasteiger partial charge in [-0.25, -0.2) is 0 Å². The van der Waals surface area contributed by atoms with E-state index < -0.39 is 0 Å². The molecule has 0 aromatic heterocycles. The molecule has 0 saturated carbocycles. The zero-order valence-corrected chi connectivity index (χ0v) is 7.54. The molecule has 0 radical (unpaired) electrons. The molecule has 0 rings (SSSR count). The molecule has 0 fully saturated rings. The lowest BCUT2D eigenvalue weighted by Gasteiger charge is -1.88. The van der Waals surface area contributed by atoms with E-state index in [-0.39, 0.29) is 0 Å². The van der Waals surface area contributed by atoms with Crippen LogP contribution in [0.3, 0.4) is 0 Å². The van der Waals surface area contributed by atoms with Gasteiger partial charge in [0.05, 0.1) is 6.07 Å². The van der Waals surface area contributed by atoms with Gasteiger partial charge in [0.15, 0.2) is 0 Å². The van der Waals surface area contributed by atoms with Crippen molar-refractivity contribution in [3.8, 4) is 6.07 Å². The highest BCUT2D eigenvalue weighted by Gasteiger charge is 1.80. The van der Waals surface area contributed by atoms with E-state index >= 15 is 0 Å². The van der Waals surface area contributed by atoms with Gasteiger partial charge in [0.1, 0.15) is 0 Å². The van der Waals surface area contributed by atoms with Crippen molar-refractivity contribution in [2.24, 2.45) is 0 Å². The molecule has 0 atom stereocenters. The molecule has 1 nitrogen and oxygen atoms in total. The van der Waals surface area contributed by atoms with Crippen molar-refractivity contribution in [1.82, 2.24) is 0 Å². The summed E-state index contributed by atoms with van der Waals surface area (Å²) in [5.74, 6) is 0. The van der Waals surface area contributed by atoms with Crippen LogP contribution in [-0.4, -0.2) is 0 Å². The van der Waals surface area contributed by atoms with Gasteiger partial charge in [0.2, 0.25) is 0 Å². The number of rotatable bonds is 3. The molecule has 0 aromatic carbocycles. The van der Waals surface area contributed by atoms with Crippen molar-refractivity contribution in [3.63, 3.8) is 0 Å². The van der Waals surface area contributed by atoms with E-state index in [0.717, 1.165) is 5.57 Å². The van der Waals surface area contributed by atoms with Crippen molar-refractivity contribution in [1.29, 1.82) is 5.26 Å². The Bertz CT molecular complexity index is 268. The first-order valence-electron chi connectivity index (χ1n) is 3.74. The second-order valence-corrected chi connectivity index (χ2v) is 2.58. The monoisotopic (exact) mass is 159 g/mol. The summed E-state index contributed by atoms with van der Waals surface area (Å²) in [6.45, 7) is 7.67. The fourth-order valence-corrected chi connectivity index (χ4v) is 0.588. The van der Waals surface area contributed by atoms with Crippen molar-refractivity contribution in [2.75, 3.05) is 0 Å². The highest BCUT2D eigenvalue weighted by atomic mass is 14.2. The minimum atomic E-state index is 0.942. The molecule has 0 aromatic rings. The Labute approximate surface area is 74.0 Å². The van der Waals surface area contributed by atoms with E-state index in [1.807, 2.05) is 32.1 Å². The molecule has 0 N–H and O–H groups in total. The SMILES string of the molecule is C=CC(/C=C/C#N)=C\C=C(C)C. The second kappa shape index (κ2) is 6.18. The third-order valence-electron chi connectivity index (χ3n) is 1.20. The van der Waals surface area contributed by atoms with Gasteiger partial charge in [-0.1, -0.05) is 30.4 Å². The lowest BCUT2D eigenvalue weighted by molar-refractivity contribution is 1.39. The summed E-state index contributed by atoms with van der Waals surface area (Å²) >= 11 is 0. The number of allylic oxidation sites excluding steroid dienone is 7. The number of nitriles is 1. The van der Waals surface area contributed by atoms with Crippen LogP contribution < -0.4 is 0 Å². The largest absolute Gasteiger partial charge is 0.193 e. The van der Waals surface area contributed by atoms with Crippen LogP contribution in [0.2, 0.25) is 0 Å². The summed E-state index contributed by atoms with van der Waals surface area (Å²) in [7, 11) is 0. The first-order valence-corrected chi connectivity index (χ1v) is 3.74. The van der Waals surface area contributed by atoms with Gasteiger partial charge in [-0.15, -0.1) is 0 Å². The Balaban J connectivity index is 4.47. The summed E-state index contributed by atoms with van der Waals surface area (Å²) in [6, 6.07) is 1.93. The van der Waals surface area contributed by atoms with Gasteiger partial charge in [-0.05, 0) is 25.5 Å². The van der Waals surface area contributed by atoms with Crippen molar-refractivity contribution in [2.45, 2.75) is 13.8 Å². The van der Waals surface area contributed by atoms with Crippen molar-refractivity contribution >= 4 is 0 Å². The quantitative estimate of drug-likeness (QED) is 0.458. The molecule has 0 heterocycles. The number of hydrogen-bond acceptors (Lipinski definition) is 1. The maximum Gasteiger partial charge on any atom is 0.0912 e. The predicted molar refractivity (Wildman–Crippen MR) is 52.5 cm³/mol. The van der Waals surface area contributed by atoms with Gasteiger partial charge >= 0.3 is 0 Å². The number of hydrogen-bond donors (Lipinski definition) is 0. The first kappa shape index (κ1) is 10.4. The van der Waals surface area contributed by atoms with Crippen LogP contribution in [0.5, 0.6) is 0 Å². The van der Waals surface area contributed by atoms with Crippen molar-refractivity contribution < 1.29 is 0 Å². The fraction of sp³-hybridized carbons (Fsp3) is 0.182. The Morgan fingerprint density at radius 1 is 1.33 bits per heavy atom. The van der Waals surface area contributed by atoms with E-state index in [4.69, 9.17) is 5.26 Å². The average Bonchev–Trinajstić information content (AvgIpc) is 2.05. The molecule has 1 heteroatoms. The number of nitrogens with zero attached hydrogens (tertiary/aromatic N) is 1. The van der Waals surface area contributed by atoms with E-state index in [0.29, 0.717) is 0 Å². The molecule has 62 valence electrons. The van der Waals surface area contributed by atoms with Crippen LogP contribution in [0, 0.1) is 11.3 Å². The Morgan fingerprint density at radius 2 is 2.00 bits per heavy atom. The molecular weight excluding hydrogens is 146 g/mol. The summed E-state index contributed by atoms with van der Waals surface area (Å²) in [5, 5.41) is 8.27. The minimum absolute atomic E-state index is 0.942. The Hall–Kier alpha value is -1.55. The Morgan fingerprint density at radius 3 is 2.42 bits per heavy atom. The lowest BCUT2D eigenvalue weighted by Crippen LogP contribution is -1.69. The molecular formula is C11H13N. The highest BCUT2D eigenvalue weighted by molar-refractivity contribution is 5.35. The van der Waals surface area contributed by atoms with E-state index in [1.54, 1.807) is 12.2 Å². The van der Waals surface area contributed by atoms with Gasteiger partial charge in [0, 0.05) is 6.08 Å². The standard InChI is InChI=1S/C11H13N/c1-4-11(6-5-9-12)8-7-10(2)3/h4-8H,1H2,2-3H3/b6-5+,11-8+. The average molecular weight is 159 g/mol. The molecule has 0 aliphatic carbocycles. The topological polar surface area (TPSA) is 23.8 Å². The third-order valence-corrected chi connectivity index (χ3v) is 1.20. The molecule has 0 spiro atoms. The highest BCUT2D eigenvalue weighted by Crippen LogP contribution is 2.00. The summed E-state index contributed by atoms with van der Waals surface area (Å²) < 4.78 is 0. The maximum absolute atomic E-state index is 8.27. The molecule has 0 amide bonds. The first-order chi connectivity index (χ1) is 5.70. The van der Waals surface area contributed by atoms with Crippen LogP contribution in [0.25, 0.3) is 0 Å². The van der Waals surface area contributed by atoms with Crippen molar-refractivity contribution in [3.05, 3.63) is 48.1 Å². The molecule has 0 aliphatic heterocycles. The zero-order valence-electron chi connectivity index (χ0n) is 7.54. The molecule has 12 heavy (non-hydrogen) atoms. The third kappa shape index (κ3) is 5.25. The van der Waals surface area contributed by atoms with Crippen LogP contribution in [0.15, 0.2) is 48.1 Å². The molecule has 0 saturated heterocycles. The van der Waals surface area contributed by atoms with Gasteiger partial charge in [-0.2, -0.15) is 5.26 Å². The van der Waals surface area contributed by atoms with E-state index in [1.165, 1.54) is 11.6 Å². The molecule has 0 bridgehead atoms. The predicted octanol–water partition coefficient (Wildman–Crippen LogP) is 3.14. The van der Waals surface area contributed by atoms with Gasteiger partial charge in [-0.3, -0.25) is 0 Å². The zero-order chi connectivity index (χ0) is 9.40. The summed E-state index contributed by atoms with van der Waals surface area (Å²) in [4.78, 5) is 0. The van der Waals surface area contributed by atoms with E-state index in [9.17, 15) is 0 Å². The summed E-state index contributed by atoms with van der Waals surface area (Å²) in [5.41, 5.74) is 2.16. The Kier molecular flexibility index (Phi) is 5.38. The normalized spacial score (nSPS) is 10.9. The second-order valence-electron chi connectivity index (χ2n) is 2.58. The summed E-state index contributed by atoms with van der Waals surface area (Å²) in [6.07, 6.45) is 8.79. The lowest BCUT2D eigenvalue weighted by atomic mass is 10.2. The molecule has 0 unspecified atom stereocenters. The van der Waals surface area contributed by atoms with Crippen LogP contribution in [0.1, 0.15) is 13.8 Å². The van der Waals surface area contributed by atoms with E-state index in [2.05, 4.69) is 6.58 Å². The smallest absolute Gasteiger partial charge is 0.0912 e. The van der Waals surface area contributed by atoms with Gasteiger partial charge in [0.25, 0.3) is 0 Å². The fourth-order valence-electron chi connectivity index (χ4n) is 0.588.